The molecule has 21 heavy (non-hydrogen) atoms. The predicted molar refractivity (Wildman–Crippen MR) is 89.1 cm³/mol. The van der Waals surface area contributed by atoms with Crippen LogP contribution in [0, 0.1) is 0 Å². The first-order valence-corrected chi connectivity index (χ1v) is 8.48. The Bertz CT molecular complexity index is 464. The van der Waals surface area contributed by atoms with E-state index in [0.717, 1.165) is 31.4 Å². The summed E-state index contributed by atoms with van der Waals surface area (Å²) in [6, 6.07) is 0.0875. The lowest BCUT2D eigenvalue weighted by atomic mass is 10.00. The van der Waals surface area contributed by atoms with Crippen LogP contribution in [-0.2, 0) is 0 Å². The zero-order valence-electron chi connectivity index (χ0n) is 12.4. The average Bonchev–Trinajstić information content (AvgIpc) is 2.48. The third-order valence-corrected chi connectivity index (χ3v) is 5.59. The number of carbonyl (C=O) groups excluding carboxylic acids is 1. The zero-order chi connectivity index (χ0) is 15.6. The molecule has 6 heteroatoms. The van der Waals surface area contributed by atoms with E-state index < -0.39 is 0 Å². The highest BCUT2D eigenvalue weighted by molar-refractivity contribution is 6.37. The number of urea groups is 1. The molecule has 2 rings (SSSR count). The molecule has 0 heterocycles. The monoisotopic (exact) mass is 350 g/mol. The van der Waals surface area contributed by atoms with Crippen molar-refractivity contribution in [3.63, 3.8) is 0 Å². The SMILES string of the molecule is CN(C(=O)N(C)C1CC=C(Cl)C(Cl)C1)C1=CCC(Cl)CC1. The van der Waals surface area contributed by atoms with Gasteiger partial charge in [0.1, 0.15) is 0 Å². The quantitative estimate of drug-likeness (QED) is 0.670. The lowest BCUT2D eigenvalue weighted by Gasteiger charge is -2.35. The fraction of sp³-hybridized carbons (Fsp3) is 0.667. The molecule has 2 aliphatic carbocycles. The number of rotatable bonds is 2. The largest absolute Gasteiger partial charge is 0.324 e. The maximum absolute atomic E-state index is 12.6. The molecule has 0 aromatic heterocycles. The average molecular weight is 352 g/mol. The van der Waals surface area contributed by atoms with Crippen molar-refractivity contribution in [3.05, 3.63) is 22.9 Å². The van der Waals surface area contributed by atoms with Gasteiger partial charge in [0.15, 0.2) is 0 Å². The van der Waals surface area contributed by atoms with Gasteiger partial charge in [-0.2, -0.15) is 0 Å². The van der Waals surface area contributed by atoms with Crippen LogP contribution in [0.5, 0.6) is 0 Å². The Labute approximate surface area is 141 Å². The van der Waals surface area contributed by atoms with Gasteiger partial charge < -0.3 is 9.80 Å². The van der Waals surface area contributed by atoms with Gasteiger partial charge in [0.25, 0.3) is 0 Å². The highest BCUT2D eigenvalue weighted by atomic mass is 35.5. The lowest BCUT2D eigenvalue weighted by Crippen LogP contribution is -2.45. The van der Waals surface area contributed by atoms with Crippen LogP contribution < -0.4 is 0 Å². The molecule has 0 aliphatic heterocycles. The Morgan fingerprint density at radius 1 is 1.24 bits per heavy atom. The Morgan fingerprint density at radius 3 is 2.52 bits per heavy atom. The van der Waals surface area contributed by atoms with Gasteiger partial charge in [-0.05, 0) is 32.1 Å². The van der Waals surface area contributed by atoms with E-state index in [-0.39, 0.29) is 22.8 Å². The molecule has 0 aromatic carbocycles. The highest BCUT2D eigenvalue weighted by Crippen LogP contribution is 2.30. The fourth-order valence-corrected chi connectivity index (χ4v) is 3.42. The highest BCUT2D eigenvalue weighted by Gasteiger charge is 2.29. The van der Waals surface area contributed by atoms with Crippen molar-refractivity contribution in [2.24, 2.45) is 0 Å². The number of nitrogens with zero attached hydrogens (tertiary/aromatic N) is 2. The molecule has 0 fully saturated rings. The number of halogens is 3. The third kappa shape index (κ3) is 4.08. The summed E-state index contributed by atoms with van der Waals surface area (Å²) in [5.41, 5.74) is 1.05. The van der Waals surface area contributed by atoms with Crippen molar-refractivity contribution < 1.29 is 4.79 Å². The summed E-state index contributed by atoms with van der Waals surface area (Å²) in [6.07, 6.45) is 8.00. The molecule has 0 spiro atoms. The smallest absolute Gasteiger partial charge is 0.323 e. The van der Waals surface area contributed by atoms with Gasteiger partial charge in [-0.1, -0.05) is 23.8 Å². The van der Waals surface area contributed by atoms with Gasteiger partial charge in [-0.3, -0.25) is 0 Å². The van der Waals surface area contributed by atoms with Crippen LogP contribution in [0.3, 0.4) is 0 Å². The maximum Gasteiger partial charge on any atom is 0.323 e. The molecule has 0 bridgehead atoms. The van der Waals surface area contributed by atoms with E-state index in [1.807, 2.05) is 20.2 Å². The summed E-state index contributed by atoms with van der Waals surface area (Å²) < 4.78 is 0. The van der Waals surface area contributed by atoms with Gasteiger partial charge in [0.2, 0.25) is 0 Å². The molecular formula is C15H21Cl3N2O. The number of allylic oxidation sites excluding steroid dienone is 3. The van der Waals surface area contributed by atoms with Crippen LogP contribution in [-0.4, -0.2) is 46.7 Å². The van der Waals surface area contributed by atoms with Crippen molar-refractivity contribution in [2.45, 2.75) is 48.9 Å². The van der Waals surface area contributed by atoms with Gasteiger partial charge >= 0.3 is 6.03 Å². The van der Waals surface area contributed by atoms with Crippen LogP contribution >= 0.6 is 34.8 Å². The second-order valence-corrected chi connectivity index (χ2v) is 7.28. The Hall–Kier alpha value is -0.380. The Kier molecular flexibility index (Phi) is 5.87. The van der Waals surface area contributed by atoms with E-state index >= 15 is 0 Å². The van der Waals surface area contributed by atoms with Crippen molar-refractivity contribution >= 4 is 40.8 Å². The number of hydrogen-bond acceptors (Lipinski definition) is 1. The molecule has 0 saturated heterocycles. The van der Waals surface area contributed by atoms with E-state index in [4.69, 9.17) is 34.8 Å². The van der Waals surface area contributed by atoms with Crippen molar-refractivity contribution in [2.75, 3.05) is 14.1 Å². The van der Waals surface area contributed by atoms with Gasteiger partial charge in [-0.25, -0.2) is 4.79 Å². The van der Waals surface area contributed by atoms with Crippen LogP contribution in [0.1, 0.15) is 32.1 Å². The van der Waals surface area contributed by atoms with Crippen molar-refractivity contribution in [3.8, 4) is 0 Å². The number of carbonyl (C=O) groups is 1. The first-order valence-electron chi connectivity index (χ1n) is 7.23. The van der Waals surface area contributed by atoms with E-state index in [1.54, 1.807) is 9.80 Å². The van der Waals surface area contributed by atoms with Crippen molar-refractivity contribution in [1.82, 2.24) is 9.80 Å². The second-order valence-electron chi connectivity index (χ2n) is 5.70. The van der Waals surface area contributed by atoms with Crippen LogP contribution in [0.2, 0.25) is 0 Å². The normalized spacial score (nSPS) is 29.5. The summed E-state index contributed by atoms with van der Waals surface area (Å²) in [6.45, 7) is 0. The van der Waals surface area contributed by atoms with Gasteiger partial charge in [0.05, 0.1) is 5.38 Å². The topological polar surface area (TPSA) is 23.6 Å². The molecule has 0 aromatic rings. The molecule has 0 saturated carbocycles. The molecule has 2 amide bonds. The second kappa shape index (κ2) is 7.26. The minimum Gasteiger partial charge on any atom is -0.324 e. The third-order valence-electron chi connectivity index (χ3n) is 4.25. The van der Waals surface area contributed by atoms with Gasteiger partial charge in [0, 0.05) is 36.2 Å². The van der Waals surface area contributed by atoms with Gasteiger partial charge in [-0.15, -0.1) is 23.2 Å². The zero-order valence-corrected chi connectivity index (χ0v) is 14.6. The lowest BCUT2D eigenvalue weighted by molar-refractivity contribution is 0.160. The van der Waals surface area contributed by atoms with Crippen LogP contribution in [0.4, 0.5) is 4.79 Å². The standard InChI is InChI=1S/C15H21Cl3N2O/c1-19(11-5-3-10(16)4-6-11)15(21)20(2)12-7-8-13(17)14(18)9-12/h5,8,10,12,14H,3-4,6-7,9H2,1-2H3. The summed E-state index contributed by atoms with van der Waals surface area (Å²) in [7, 11) is 3.65. The molecular weight excluding hydrogens is 331 g/mol. The Morgan fingerprint density at radius 2 is 1.95 bits per heavy atom. The molecule has 0 N–H and O–H groups in total. The van der Waals surface area contributed by atoms with E-state index in [9.17, 15) is 4.79 Å². The first kappa shape index (κ1) is 17.0. The number of hydrogen-bond donors (Lipinski definition) is 0. The number of alkyl halides is 2. The molecule has 3 atom stereocenters. The molecule has 2 aliphatic rings. The molecule has 0 radical (unpaired) electrons. The summed E-state index contributed by atoms with van der Waals surface area (Å²) in [5, 5.41) is 0.680. The minimum atomic E-state index is -0.197. The molecule has 3 unspecified atom stereocenters. The molecule has 118 valence electrons. The minimum absolute atomic E-state index is 0.00504. The van der Waals surface area contributed by atoms with Crippen LogP contribution in [0.25, 0.3) is 0 Å². The van der Waals surface area contributed by atoms with E-state index in [2.05, 4.69) is 6.08 Å². The predicted octanol–water partition coefficient (Wildman–Crippen LogP) is 4.54. The van der Waals surface area contributed by atoms with Crippen molar-refractivity contribution in [1.29, 1.82) is 0 Å². The summed E-state index contributed by atoms with van der Waals surface area (Å²) in [5.74, 6) is 0. The Balaban J connectivity index is 1.99. The van der Waals surface area contributed by atoms with E-state index in [0.29, 0.717) is 11.5 Å². The summed E-state index contributed by atoms with van der Waals surface area (Å²) in [4.78, 5) is 16.1. The summed E-state index contributed by atoms with van der Waals surface area (Å²) >= 11 is 18.3. The van der Waals surface area contributed by atoms with Crippen LogP contribution in [0.15, 0.2) is 22.9 Å². The maximum atomic E-state index is 12.6. The first-order chi connectivity index (χ1) is 9.90. The number of amides is 2. The van der Waals surface area contributed by atoms with E-state index in [1.165, 1.54) is 0 Å². The fourth-order valence-electron chi connectivity index (χ4n) is 2.75. The molecule has 3 nitrogen and oxygen atoms in total.